The lowest BCUT2D eigenvalue weighted by atomic mass is 9.47. The molecule has 4 heteroatoms. The first-order valence-electron chi connectivity index (χ1n) is 15.3. The fourth-order valence-corrected chi connectivity index (χ4v) is 11.0. The Morgan fingerprint density at radius 2 is 1.83 bits per heavy atom. The average Bonchev–Trinajstić information content (AvgIpc) is 3.32. The lowest BCUT2D eigenvalue weighted by Gasteiger charge is -2.59. The number of hydrogen-bond acceptors (Lipinski definition) is 2. The zero-order chi connectivity index (χ0) is 26.1. The molecule has 0 aromatic carbocycles. The van der Waals surface area contributed by atoms with Gasteiger partial charge >= 0.3 is 5.97 Å². The number of carbonyl (C=O) groups is 1. The minimum atomic E-state index is -0.115. The maximum atomic E-state index is 12.0. The lowest BCUT2D eigenvalue weighted by Crippen LogP contribution is -2.56. The second kappa shape index (κ2) is 9.11. The molecular formula is C32H56N2O2+2. The van der Waals surface area contributed by atoms with Crippen LogP contribution in [0.3, 0.4) is 0 Å². The molecule has 1 aliphatic heterocycles. The van der Waals surface area contributed by atoms with Gasteiger partial charge in [0.1, 0.15) is 6.10 Å². The topological polar surface area (TPSA) is 26.3 Å². The highest BCUT2D eigenvalue weighted by Crippen LogP contribution is 2.68. The van der Waals surface area contributed by atoms with E-state index in [1.165, 1.54) is 81.9 Å². The normalized spacial score (nSPS) is 44.7. The molecule has 3 saturated carbocycles. The Morgan fingerprint density at radius 1 is 1.14 bits per heavy atom. The van der Waals surface area contributed by atoms with Crippen molar-refractivity contribution in [2.75, 3.05) is 47.8 Å². The van der Waals surface area contributed by atoms with Crippen LogP contribution in [-0.4, -0.2) is 74.9 Å². The van der Waals surface area contributed by atoms with Gasteiger partial charge in [0, 0.05) is 44.4 Å². The minimum Gasteiger partial charge on any atom is -0.463 e. The second-order valence-corrected chi connectivity index (χ2v) is 15.6. The maximum absolute atomic E-state index is 12.0. The Morgan fingerprint density at radius 3 is 2.47 bits per heavy atom. The van der Waals surface area contributed by atoms with E-state index in [2.05, 4.69) is 55.0 Å². The molecule has 4 fully saturated rings. The summed E-state index contributed by atoms with van der Waals surface area (Å²) < 4.78 is 8.27. The molecule has 204 valence electrons. The van der Waals surface area contributed by atoms with Crippen LogP contribution >= 0.6 is 0 Å². The van der Waals surface area contributed by atoms with Crippen molar-refractivity contribution in [1.29, 1.82) is 0 Å². The van der Waals surface area contributed by atoms with Crippen molar-refractivity contribution in [2.24, 2.45) is 40.4 Å². The first kappa shape index (κ1) is 26.7. The minimum absolute atomic E-state index is 0.0104. The van der Waals surface area contributed by atoms with Gasteiger partial charge < -0.3 is 13.7 Å². The summed E-state index contributed by atoms with van der Waals surface area (Å²) in [5.74, 6) is 3.38. The predicted octanol–water partition coefficient (Wildman–Crippen LogP) is 6.06. The van der Waals surface area contributed by atoms with E-state index in [0.29, 0.717) is 17.3 Å². The van der Waals surface area contributed by atoms with Gasteiger partial charge in [0.25, 0.3) is 0 Å². The van der Waals surface area contributed by atoms with Crippen molar-refractivity contribution in [1.82, 2.24) is 0 Å². The van der Waals surface area contributed by atoms with Crippen LogP contribution in [0.1, 0.15) is 85.5 Å². The van der Waals surface area contributed by atoms with E-state index < -0.39 is 0 Å². The third-order valence-electron chi connectivity index (χ3n) is 12.5. The molecule has 1 unspecified atom stereocenters. The molecule has 5 aliphatic rings. The number of fused-ring (bicyclic) bond motifs is 5. The summed E-state index contributed by atoms with van der Waals surface area (Å²) >= 11 is 0. The van der Waals surface area contributed by atoms with E-state index in [1.54, 1.807) is 6.92 Å². The van der Waals surface area contributed by atoms with Crippen LogP contribution in [0.25, 0.3) is 0 Å². The fraction of sp³-hybridized carbons (Fsp3) is 0.906. The number of allylic oxidation sites excluding steroid dienone is 1. The van der Waals surface area contributed by atoms with Crippen LogP contribution in [0.4, 0.5) is 0 Å². The number of carbonyl (C=O) groups excluding carboxylic acids is 1. The Hall–Kier alpha value is -0.870. The van der Waals surface area contributed by atoms with Gasteiger partial charge in [0.2, 0.25) is 0 Å². The van der Waals surface area contributed by atoms with Crippen molar-refractivity contribution < 1.29 is 18.5 Å². The molecule has 36 heavy (non-hydrogen) atoms. The molecule has 1 heterocycles. The van der Waals surface area contributed by atoms with E-state index in [0.717, 1.165) is 28.3 Å². The standard InChI is InChI=1S/C32H56N2O2/c1-22(36-23(2)35)30-24(21-33(5,6)7)19-29-27-12-11-25-20-26(34(8)17-9-10-18-34)13-15-31(25,3)28(27)14-16-32(29,30)4/h11,22,24,26-30H,9-10,12-21H2,1-8H3/q+2/t22?,24-,26-,27+,28-,29-,30-,31-,32-/m0/s1. The van der Waals surface area contributed by atoms with Crippen molar-refractivity contribution in [3.8, 4) is 0 Å². The molecule has 0 spiro atoms. The number of nitrogens with zero attached hydrogens (tertiary/aromatic N) is 2. The number of likely N-dealkylation sites (tertiary alicyclic amines) is 1. The fourth-order valence-electron chi connectivity index (χ4n) is 11.0. The van der Waals surface area contributed by atoms with Gasteiger partial charge in [0.05, 0.1) is 53.9 Å². The molecular weight excluding hydrogens is 444 g/mol. The van der Waals surface area contributed by atoms with Gasteiger partial charge in [-0.1, -0.05) is 25.5 Å². The smallest absolute Gasteiger partial charge is 0.302 e. The summed E-state index contributed by atoms with van der Waals surface area (Å²) in [5.41, 5.74) is 2.53. The van der Waals surface area contributed by atoms with E-state index in [1.807, 2.05) is 5.57 Å². The zero-order valence-corrected chi connectivity index (χ0v) is 24.8. The summed E-state index contributed by atoms with van der Waals surface area (Å²) in [6.07, 6.45) is 15.1. The van der Waals surface area contributed by atoms with Crippen molar-refractivity contribution >= 4 is 5.97 Å². The molecule has 9 atom stereocenters. The van der Waals surface area contributed by atoms with E-state index in [9.17, 15) is 4.79 Å². The predicted molar refractivity (Wildman–Crippen MR) is 147 cm³/mol. The Balaban J connectivity index is 1.42. The summed E-state index contributed by atoms with van der Waals surface area (Å²) in [5, 5.41) is 0. The van der Waals surface area contributed by atoms with Gasteiger partial charge in [-0.05, 0) is 67.6 Å². The van der Waals surface area contributed by atoms with E-state index in [-0.39, 0.29) is 17.5 Å². The monoisotopic (exact) mass is 500 g/mol. The molecule has 0 amide bonds. The highest BCUT2D eigenvalue weighted by Gasteiger charge is 2.63. The average molecular weight is 501 g/mol. The van der Waals surface area contributed by atoms with Gasteiger partial charge in [-0.3, -0.25) is 4.79 Å². The van der Waals surface area contributed by atoms with Gasteiger partial charge in [0.15, 0.2) is 0 Å². The number of quaternary nitrogens is 2. The third-order valence-corrected chi connectivity index (χ3v) is 12.5. The lowest BCUT2D eigenvalue weighted by molar-refractivity contribution is -0.923. The van der Waals surface area contributed by atoms with Crippen LogP contribution in [-0.2, 0) is 9.53 Å². The van der Waals surface area contributed by atoms with Gasteiger partial charge in [-0.2, -0.15) is 0 Å². The van der Waals surface area contributed by atoms with Crippen molar-refractivity contribution in [3.05, 3.63) is 11.6 Å². The third kappa shape index (κ3) is 4.40. The quantitative estimate of drug-likeness (QED) is 0.261. The molecule has 0 bridgehead atoms. The molecule has 5 rings (SSSR count). The summed E-state index contributed by atoms with van der Waals surface area (Å²) in [6, 6.07) is 0.853. The van der Waals surface area contributed by atoms with Crippen LogP contribution < -0.4 is 0 Å². The summed E-state index contributed by atoms with van der Waals surface area (Å²) in [4.78, 5) is 12.0. The Kier molecular flexibility index (Phi) is 6.76. The molecule has 0 radical (unpaired) electrons. The van der Waals surface area contributed by atoms with Crippen LogP contribution in [0.15, 0.2) is 11.6 Å². The number of hydrogen-bond donors (Lipinski definition) is 0. The van der Waals surface area contributed by atoms with E-state index >= 15 is 0 Å². The van der Waals surface area contributed by atoms with Crippen molar-refractivity contribution in [3.63, 3.8) is 0 Å². The van der Waals surface area contributed by atoms with Crippen molar-refractivity contribution in [2.45, 2.75) is 97.6 Å². The Labute approximate surface area is 222 Å². The number of ether oxygens (including phenoxy) is 1. The SMILES string of the molecule is CC(=O)OC(C)[C@H]1[C@H](C[N+](C)(C)C)C[C@H]2[C@@H]3CC=C4C[C@@H]([N+]5(C)CCCC5)CC[C@]4(C)[C@H]3CC[C@@]21C. The van der Waals surface area contributed by atoms with Crippen LogP contribution in [0, 0.1) is 40.4 Å². The molecule has 1 saturated heterocycles. The number of esters is 1. The first-order valence-corrected chi connectivity index (χ1v) is 15.3. The summed E-state index contributed by atoms with van der Waals surface area (Å²) in [6.45, 7) is 13.0. The van der Waals surface area contributed by atoms with Crippen LogP contribution in [0.2, 0.25) is 0 Å². The molecule has 4 nitrogen and oxygen atoms in total. The van der Waals surface area contributed by atoms with Crippen LogP contribution in [0.5, 0.6) is 0 Å². The molecule has 0 aromatic heterocycles. The number of rotatable bonds is 5. The Bertz CT molecular complexity index is 883. The molecule has 4 aliphatic carbocycles. The highest BCUT2D eigenvalue weighted by atomic mass is 16.5. The second-order valence-electron chi connectivity index (χ2n) is 15.6. The first-order chi connectivity index (χ1) is 16.8. The molecule has 0 aromatic rings. The van der Waals surface area contributed by atoms with Gasteiger partial charge in [-0.15, -0.1) is 0 Å². The zero-order valence-electron chi connectivity index (χ0n) is 24.8. The summed E-state index contributed by atoms with van der Waals surface area (Å²) in [7, 11) is 9.55. The highest BCUT2D eigenvalue weighted by molar-refractivity contribution is 5.66. The maximum Gasteiger partial charge on any atom is 0.302 e. The molecule has 0 N–H and O–H groups in total. The largest absolute Gasteiger partial charge is 0.463 e. The van der Waals surface area contributed by atoms with Gasteiger partial charge in [-0.25, -0.2) is 0 Å². The van der Waals surface area contributed by atoms with E-state index in [4.69, 9.17) is 4.74 Å².